The van der Waals surface area contributed by atoms with E-state index < -0.39 is 5.79 Å². The van der Waals surface area contributed by atoms with Crippen LogP contribution in [0, 0.1) is 6.92 Å². The molecule has 0 radical (unpaired) electrons. The predicted molar refractivity (Wildman–Crippen MR) is 61.6 cm³/mol. The first-order valence-electron chi connectivity index (χ1n) is 5.65. The van der Waals surface area contributed by atoms with Crippen molar-refractivity contribution < 1.29 is 14.2 Å². The predicted octanol–water partition coefficient (Wildman–Crippen LogP) is 2.53. The molecule has 0 saturated carbocycles. The smallest absolute Gasteiger partial charge is 0.168 e. The van der Waals surface area contributed by atoms with Crippen molar-refractivity contribution in [3.8, 4) is 5.75 Å². The maximum atomic E-state index is 5.65. The molecular formula is C13H18O3. The molecule has 0 aromatic heterocycles. The Balaban J connectivity index is 1.79. The van der Waals surface area contributed by atoms with E-state index in [4.69, 9.17) is 14.2 Å². The lowest BCUT2D eigenvalue weighted by Crippen LogP contribution is -2.27. The maximum absolute atomic E-state index is 5.65. The molecule has 16 heavy (non-hydrogen) atoms. The van der Waals surface area contributed by atoms with Crippen molar-refractivity contribution in [1.29, 1.82) is 0 Å². The van der Waals surface area contributed by atoms with E-state index >= 15 is 0 Å². The number of aryl methyl sites for hydroxylation is 1. The van der Waals surface area contributed by atoms with E-state index in [1.807, 2.05) is 25.1 Å². The van der Waals surface area contributed by atoms with Gasteiger partial charge in [0.25, 0.3) is 0 Å². The number of benzene rings is 1. The minimum absolute atomic E-state index is 0.455. The second-order valence-electron chi connectivity index (χ2n) is 4.25. The minimum atomic E-state index is -0.455. The van der Waals surface area contributed by atoms with E-state index in [0.717, 1.165) is 12.2 Å². The molecule has 0 bridgehead atoms. The van der Waals surface area contributed by atoms with Crippen molar-refractivity contribution in [2.24, 2.45) is 0 Å². The molecule has 1 aromatic rings. The van der Waals surface area contributed by atoms with Crippen LogP contribution in [0.2, 0.25) is 0 Å². The third kappa shape index (κ3) is 2.97. The molecule has 0 N–H and O–H groups in total. The molecule has 1 heterocycles. The Hall–Kier alpha value is -1.06. The molecule has 1 aliphatic rings. The molecule has 0 aliphatic carbocycles. The van der Waals surface area contributed by atoms with Gasteiger partial charge in [0, 0.05) is 6.42 Å². The molecular weight excluding hydrogens is 204 g/mol. The van der Waals surface area contributed by atoms with Crippen molar-refractivity contribution in [1.82, 2.24) is 0 Å². The molecule has 3 heteroatoms. The monoisotopic (exact) mass is 222 g/mol. The molecule has 0 atom stereocenters. The van der Waals surface area contributed by atoms with Crippen LogP contribution in [0.25, 0.3) is 0 Å². The second-order valence-corrected chi connectivity index (χ2v) is 4.25. The van der Waals surface area contributed by atoms with Gasteiger partial charge in [0.05, 0.1) is 19.8 Å². The Morgan fingerprint density at radius 2 is 2.06 bits per heavy atom. The highest BCUT2D eigenvalue weighted by atomic mass is 16.7. The number of hydrogen-bond donors (Lipinski definition) is 0. The van der Waals surface area contributed by atoms with Crippen molar-refractivity contribution in [3.05, 3.63) is 29.8 Å². The van der Waals surface area contributed by atoms with Gasteiger partial charge in [0.15, 0.2) is 5.79 Å². The van der Waals surface area contributed by atoms with Gasteiger partial charge < -0.3 is 14.2 Å². The van der Waals surface area contributed by atoms with Crippen LogP contribution in [-0.2, 0) is 9.47 Å². The largest absolute Gasteiger partial charge is 0.493 e. The van der Waals surface area contributed by atoms with Crippen LogP contribution in [0.3, 0.4) is 0 Å². The zero-order chi connectivity index (χ0) is 11.4. The van der Waals surface area contributed by atoms with Gasteiger partial charge in [-0.1, -0.05) is 12.1 Å². The summed E-state index contributed by atoms with van der Waals surface area (Å²) in [5, 5.41) is 0. The van der Waals surface area contributed by atoms with Crippen LogP contribution in [0.4, 0.5) is 0 Å². The Kier molecular flexibility index (Phi) is 3.46. The van der Waals surface area contributed by atoms with Crippen LogP contribution in [-0.4, -0.2) is 25.6 Å². The SMILES string of the molecule is Cc1cccc(OCCC2(C)OCCO2)c1. The Labute approximate surface area is 96.3 Å². The third-order valence-electron chi connectivity index (χ3n) is 2.71. The number of hydrogen-bond acceptors (Lipinski definition) is 3. The molecule has 1 fully saturated rings. The Morgan fingerprint density at radius 1 is 1.31 bits per heavy atom. The molecule has 0 unspecified atom stereocenters. The Morgan fingerprint density at radius 3 is 2.75 bits per heavy atom. The fourth-order valence-corrected chi connectivity index (χ4v) is 1.76. The van der Waals surface area contributed by atoms with Crippen molar-refractivity contribution >= 4 is 0 Å². The summed E-state index contributed by atoms with van der Waals surface area (Å²) in [6.07, 6.45) is 0.751. The molecule has 1 aliphatic heterocycles. The minimum Gasteiger partial charge on any atom is -0.493 e. The van der Waals surface area contributed by atoms with Gasteiger partial charge in [-0.15, -0.1) is 0 Å². The average Bonchev–Trinajstić information content (AvgIpc) is 2.65. The van der Waals surface area contributed by atoms with Gasteiger partial charge in [-0.05, 0) is 31.5 Å². The van der Waals surface area contributed by atoms with Crippen LogP contribution in [0.1, 0.15) is 18.9 Å². The molecule has 0 amide bonds. The van der Waals surface area contributed by atoms with E-state index in [2.05, 4.69) is 13.0 Å². The number of rotatable bonds is 4. The first-order chi connectivity index (χ1) is 7.68. The molecule has 3 nitrogen and oxygen atoms in total. The topological polar surface area (TPSA) is 27.7 Å². The molecule has 2 rings (SSSR count). The van der Waals surface area contributed by atoms with Gasteiger partial charge in [0.1, 0.15) is 5.75 Å². The summed E-state index contributed by atoms with van der Waals surface area (Å²) in [7, 11) is 0. The van der Waals surface area contributed by atoms with E-state index in [1.165, 1.54) is 5.56 Å². The Bertz CT molecular complexity index is 343. The van der Waals surface area contributed by atoms with E-state index in [9.17, 15) is 0 Å². The lowest BCUT2D eigenvalue weighted by molar-refractivity contribution is -0.150. The van der Waals surface area contributed by atoms with E-state index in [0.29, 0.717) is 19.8 Å². The molecule has 88 valence electrons. The van der Waals surface area contributed by atoms with Gasteiger partial charge >= 0.3 is 0 Å². The zero-order valence-corrected chi connectivity index (χ0v) is 9.86. The van der Waals surface area contributed by atoms with Crippen LogP contribution in [0.15, 0.2) is 24.3 Å². The van der Waals surface area contributed by atoms with Gasteiger partial charge in [-0.25, -0.2) is 0 Å². The molecule has 1 saturated heterocycles. The molecule has 0 spiro atoms. The van der Waals surface area contributed by atoms with Crippen LogP contribution >= 0.6 is 0 Å². The summed E-state index contributed by atoms with van der Waals surface area (Å²) in [5.41, 5.74) is 1.21. The first-order valence-corrected chi connectivity index (χ1v) is 5.65. The fourth-order valence-electron chi connectivity index (χ4n) is 1.76. The van der Waals surface area contributed by atoms with E-state index in [-0.39, 0.29) is 0 Å². The van der Waals surface area contributed by atoms with Crippen LogP contribution in [0.5, 0.6) is 5.75 Å². The summed E-state index contributed by atoms with van der Waals surface area (Å²) >= 11 is 0. The first kappa shape index (κ1) is 11.4. The van der Waals surface area contributed by atoms with Gasteiger partial charge in [0.2, 0.25) is 0 Å². The van der Waals surface area contributed by atoms with Crippen molar-refractivity contribution in [2.75, 3.05) is 19.8 Å². The lowest BCUT2D eigenvalue weighted by atomic mass is 10.2. The normalized spacial score (nSPS) is 18.6. The quantitative estimate of drug-likeness (QED) is 0.783. The van der Waals surface area contributed by atoms with Gasteiger partial charge in [-0.2, -0.15) is 0 Å². The average molecular weight is 222 g/mol. The summed E-state index contributed by atoms with van der Waals surface area (Å²) in [6, 6.07) is 8.04. The highest BCUT2D eigenvalue weighted by Gasteiger charge is 2.30. The molecule has 1 aromatic carbocycles. The zero-order valence-electron chi connectivity index (χ0n) is 9.86. The van der Waals surface area contributed by atoms with Crippen molar-refractivity contribution in [3.63, 3.8) is 0 Å². The van der Waals surface area contributed by atoms with Gasteiger partial charge in [-0.3, -0.25) is 0 Å². The summed E-state index contributed by atoms with van der Waals surface area (Å²) in [5.74, 6) is 0.450. The van der Waals surface area contributed by atoms with Crippen molar-refractivity contribution in [2.45, 2.75) is 26.1 Å². The standard InChI is InChI=1S/C13H18O3/c1-11-4-3-5-12(10-11)14-7-6-13(2)15-8-9-16-13/h3-5,10H,6-9H2,1-2H3. The highest BCUT2D eigenvalue weighted by Crippen LogP contribution is 2.23. The van der Waals surface area contributed by atoms with Crippen LogP contribution < -0.4 is 4.74 Å². The summed E-state index contributed by atoms with van der Waals surface area (Å²) in [6.45, 7) is 5.98. The summed E-state index contributed by atoms with van der Waals surface area (Å²) in [4.78, 5) is 0. The number of ether oxygens (including phenoxy) is 3. The lowest BCUT2D eigenvalue weighted by Gasteiger charge is -2.22. The maximum Gasteiger partial charge on any atom is 0.168 e. The third-order valence-corrected chi connectivity index (χ3v) is 2.71. The highest BCUT2D eigenvalue weighted by molar-refractivity contribution is 5.27. The second kappa shape index (κ2) is 4.85. The fraction of sp³-hybridized carbons (Fsp3) is 0.538. The van der Waals surface area contributed by atoms with E-state index in [1.54, 1.807) is 0 Å². The summed E-state index contributed by atoms with van der Waals surface area (Å²) < 4.78 is 16.7.